The van der Waals surface area contributed by atoms with Crippen LogP contribution < -0.4 is 20.1 Å². The second-order valence-electron chi connectivity index (χ2n) is 6.25. The van der Waals surface area contributed by atoms with Crippen LogP contribution >= 0.6 is 0 Å². The van der Waals surface area contributed by atoms with Crippen molar-refractivity contribution in [2.45, 2.75) is 13.0 Å². The molecular weight excluding hydrogens is 368 g/mol. The van der Waals surface area contributed by atoms with Gasteiger partial charge in [0.05, 0.1) is 20.8 Å². The summed E-state index contributed by atoms with van der Waals surface area (Å²) in [4.78, 5) is 8.77. The Morgan fingerprint density at radius 1 is 1.03 bits per heavy atom. The van der Waals surface area contributed by atoms with Crippen molar-refractivity contribution in [3.05, 3.63) is 59.9 Å². The van der Waals surface area contributed by atoms with Crippen molar-refractivity contribution in [2.75, 3.05) is 27.8 Å². The van der Waals surface area contributed by atoms with Crippen LogP contribution in [0, 0.1) is 0 Å². The van der Waals surface area contributed by atoms with Crippen LogP contribution in [0.4, 0.5) is 0 Å². The fourth-order valence-corrected chi connectivity index (χ4v) is 2.86. The minimum Gasteiger partial charge on any atom is -0.497 e. The Balaban J connectivity index is 1.50. The molecule has 0 fully saturated rings. The van der Waals surface area contributed by atoms with Crippen LogP contribution in [0.15, 0.2) is 53.5 Å². The van der Waals surface area contributed by atoms with Gasteiger partial charge in [-0.25, -0.2) is 4.98 Å². The van der Waals surface area contributed by atoms with Gasteiger partial charge >= 0.3 is 0 Å². The summed E-state index contributed by atoms with van der Waals surface area (Å²) in [5.74, 6) is 3.76. The van der Waals surface area contributed by atoms with E-state index in [4.69, 9.17) is 9.47 Å². The fourth-order valence-electron chi connectivity index (χ4n) is 2.86. The van der Waals surface area contributed by atoms with Gasteiger partial charge in [0.25, 0.3) is 0 Å². The predicted molar refractivity (Wildman–Crippen MR) is 113 cm³/mol. The zero-order valence-corrected chi connectivity index (χ0v) is 16.9. The lowest BCUT2D eigenvalue weighted by molar-refractivity contribution is 0.409. The normalized spacial score (nSPS) is 11.2. The van der Waals surface area contributed by atoms with Crippen LogP contribution in [-0.4, -0.2) is 49.0 Å². The van der Waals surface area contributed by atoms with Crippen molar-refractivity contribution >= 4 is 5.96 Å². The first-order valence-electron chi connectivity index (χ1n) is 9.35. The van der Waals surface area contributed by atoms with E-state index in [1.165, 1.54) is 0 Å². The molecule has 0 aliphatic heterocycles. The van der Waals surface area contributed by atoms with Gasteiger partial charge < -0.3 is 20.1 Å². The summed E-state index contributed by atoms with van der Waals surface area (Å²) in [7, 11) is 5.06. The van der Waals surface area contributed by atoms with E-state index in [2.05, 4.69) is 36.9 Å². The molecule has 0 amide bonds. The number of para-hydroxylation sites is 1. The fraction of sp³-hybridized carbons (Fsp3) is 0.286. The number of rotatable bonds is 8. The smallest absolute Gasteiger partial charge is 0.191 e. The number of aliphatic imine (C=N–C) groups is 1. The molecule has 0 unspecified atom stereocenters. The van der Waals surface area contributed by atoms with Crippen LogP contribution in [0.25, 0.3) is 11.4 Å². The summed E-state index contributed by atoms with van der Waals surface area (Å²) in [6, 6.07) is 15.6. The average Bonchev–Trinajstić information content (AvgIpc) is 3.25. The lowest BCUT2D eigenvalue weighted by atomic mass is 10.1. The number of benzene rings is 2. The maximum atomic E-state index is 5.39. The first-order chi connectivity index (χ1) is 14.2. The van der Waals surface area contributed by atoms with E-state index in [1.54, 1.807) is 21.3 Å². The first-order valence-corrected chi connectivity index (χ1v) is 9.35. The Hall–Kier alpha value is -3.55. The van der Waals surface area contributed by atoms with Gasteiger partial charge in [-0.05, 0) is 42.3 Å². The van der Waals surface area contributed by atoms with Gasteiger partial charge in [0, 0.05) is 19.2 Å². The number of aromatic amines is 1. The number of aromatic nitrogens is 3. The minimum atomic E-state index is 0.484. The lowest BCUT2D eigenvalue weighted by Crippen LogP contribution is -2.38. The summed E-state index contributed by atoms with van der Waals surface area (Å²) in [6.45, 7) is 1.21. The molecule has 0 bridgehead atoms. The van der Waals surface area contributed by atoms with Gasteiger partial charge in [0.1, 0.15) is 17.3 Å². The molecule has 29 heavy (non-hydrogen) atoms. The largest absolute Gasteiger partial charge is 0.497 e. The Morgan fingerprint density at radius 2 is 1.83 bits per heavy atom. The van der Waals surface area contributed by atoms with Crippen molar-refractivity contribution < 1.29 is 9.47 Å². The molecule has 0 radical (unpaired) electrons. The third-order valence-corrected chi connectivity index (χ3v) is 4.41. The molecule has 1 heterocycles. The molecule has 3 aromatic rings. The number of nitrogens with zero attached hydrogens (tertiary/aromatic N) is 3. The SMILES string of the molecule is CN=C(NCCc1ccccc1OC)NCc1nc(-c2ccc(OC)cc2)n[nH]1. The van der Waals surface area contributed by atoms with Crippen LogP contribution in [-0.2, 0) is 13.0 Å². The van der Waals surface area contributed by atoms with Crippen molar-refractivity contribution in [3.8, 4) is 22.9 Å². The number of ether oxygens (including phenoxy) is 2. The van der Waals surface area contributed by atoms with E-state index in [-0.39, 0.29) is 0 Å². The molecule has 0 aliphatic carbocycles. The zero-order valence-electron chi connectivity index (χ0n) is 16.9. The Bertz CT molecular complexity index is 936. The summed E-state index contributed by atoms with van der Waals surface area (Å²) < 4.78 is 10.6. The second kappa shape index (κ2) is 10.1. The van der Waals surface area contributed by atoms with Crippen molar-refractivity contribution in [3.63, 3.8) is 0 Å². The quantitative estimate of drug-likeness (QED) is 0.401. The monoisotopic (exact) mass is 394 g/mol. The third kappa shape index (κ3) is 5.47. The highest BCUT2D eigenvalue weighted by molar-refractivity contribution is 5.79. The van der Waals surface area contributed by atoms with E-state index >= 15 is 0 Å². The highest BCUT2D eigenvalue weighted by atomic mass is 16.5. The molecule has 3 rings (SSSR count). The summed E-state index contributed by atoms with van der Waals surface area (Å²) in [5, 5.41) is 13.8. The standard InChI is InChI=1S/C21H26N6O2/c1-22-21(23-13-12-15-6-4-5-7-18(15)29-3)24-14-19-25-20(27-26-19)16-8-10-17(28-2)11-9-16/h4-11H,12-14H2,1-3H3,(H2,22,23,24)(H,25,26,27). The molecule has 8 nitrogen and oxygen atoms in total. The van der Waals surface area contributed by atoms with Crippen molar-refractivity contribution in [1.29, 1.82) is 0 Å². The van der Waals surface area contributed by atoms with Crippen LogP contribution in [0.1, 0.15) is 11.4 Å². The van der Waals surface area contributed by atoms with E-state index in [0.29, 0.717) is 18.3 Å². The minimum absolute atomic E-state index is 0.484. The Labute approximate surface area is 170 Å². The maximum Gasteiger partial charge on any atom is 0.191 e. The number of hydrogen-bond donors (Lipinski definition) is 3. The number of H-pyrrole nitrogens is 1. The molecular formula is C21H26N6O2. The van der Waals surface area contributed by atoms with Gasteiger partial charge in [-0.2, -0.15) is 5.10 Å². The van der Waals surface area contributed by atoms with Crippen molar-refractivity contribution in [2.24, 2.45) is 4.99 Å². The summed E-state index contributed by atoms with van der Waals surface area (Å²) in [5.41, 5.74) is 2.07. The molecule has 0 saturated carbocycles. The maximum absolute atomic E-state index is 5.39. The molecule has 2 aromatic carbocycles. The highest BCUT2D eigenvalue weighted by Gasteiger charge is 2.07. The Morgan fingerprint density at radius 3 is 2.55 bits per heavy atom. The average molecular weight is 394 g/mol. The van der Waals surface area contributed by atoms with E-state index in [1.807, 2.05) is 42.5 Å². The topological polar surface area (TPSA) is 96.5 Å². The molecule has 0 spiro atoms. The van der Waals surface area contributed by atoms with Gasteiger partial charge in [0.2, 0.25) is 0 Å². The van der Waals surface area contributed by atoms with Gasteiger partial charge in [-0.3, -0.25) is 10.1 Å². The van der Waals surface area contributed by atoms with Crippen LogP contribution in [0.2, 0.25) is 0 Å². The second-order valence-corrected chi connectivity index (χ2v) is 6.25. The molecule has 8 heteroatoms. The molecule has 152 valence electrons. The van der Waals surface area contributed by atoms with E-state index in [9.17, 15) is 0 Å². The van der Waals surface area contributed by atoms with Gasteiger partial charge in [-0.15, -0.1) is 0 Å². The number of hydrogen-bond acceptors (Lipinski definition) is 5. The van der Waals surface area contributed by atoms with E-state index < -0.39 is 0 Å². The third-order valence-electron chi connectivity index (χ3n) is 4.41. The molecule has 0 saturated heterocycles. The number of methoxy groups -OCH3 is 2. The highest BCUT2D eigenvalue weighted by Crippen LogP contribution is 2.19. The lowest BCUT2D eigenvalue weighted by Gasteiger charge is -2.12. The molecule has 0 atom stereocenters. The summed E-state index contributed by atoms with van der Waals surface area (Å²) >= 11 is 0. The van der Waals surface area contributed by atoms with Gasteiger partial charge in [-0.1, -0.05) is 18.2 Å². The zero-order chi connectivity index (χ0) is 20.5. The number of guanidine groups is 1. The predicted octanol–water partition coefficient (Wildman–Crippen LogP) is 2.40. The molecule has 0 aliphatic rings. The van der Waals surface area contributed by atoms with E-state index in [0.717, 1.165) is 41.4 Å². The summed E-state index contributed by atoms with van der Waals surface area (Å²) in [6.07, 6.45) is 0.828. The van der Waals surface area contributed by atoms with Crippen LogP contribution in [0.3, 0.4) is 0 Å². The molecule has 3 N–H and O–H groups in total. The first kappa shape index (κ1) is 20.2. The Kier molecular flexibility index (Phi) is 7.05. The van der Waals surface area contributed by atoms with Crippen LogP contribution in [0.5, 0.6) is 11.5 Å². The number of nitrogens with one attached hydrogen (secondary N) is 3. The van der Waals surface area contributed by atoms with Crippen molar-refractivity contribution in [1.82, 2.24) is 25.8 Å². The molecule has 1 aromatic heterocycles. The van der Waals surface area contributed by atoms with Gasteiger partial charge in [0.15, 0.2) is 11.8 Å².